The molecule has 18 heavy (non-hydrogen) atoms. The van der Waals surface area contributed by atoms with Gasteiger partial charge in [-0.1, -0.05) is 18.9 Å². The zero-order valence-electron chi connectivity index (χ0n) is 10.7. The van der Waals surface area contributed by atoms with Gasteiger partial charge < -0.3 is 5.32 Å². The molecule has 0 spiro atoms. The van der Waals surface area contributed by atoms with E-state index in [2.05, 4.69) is 12.2 Å². The zero-order valence-corrected chi connectivity index (χ0v) is 10.7. The SMILES string of the molecule is C[C@@H](NCc1ccc(C#N)cc1F)C1CCCC1. The van der Waals surface area contributed by atoms with E-state index in [9.17, 15) is 4.39 Å². The highest BCUT2D eigenvalue weighted by molar-refractivity contribution is 5.32. The lowest BCUT2D eigenvalue weighted by atomic mass is 9.99. The lowest BCUT2D eigenvalue weighted by Crippen LogP contribution is -2.32. The van der Waals surface area contributed by atoms with E-state index in [0.29, 0.717) is 23.7 Å². The number of hydrogen-bond acceptors (Lipinski definition) is 2. The molecule has 1 fully saturated rings. The molecule has 2 nitrogen and oxygen atoms in total. The Labute approximate surface area is 108 Å². The maximum absolute atomic E-state index is 13.7. The summed E-state index contributed by atoms with van der Waals surface area (Å²) in [7, 11) is 0. The Morgan fingerprint density at radius 3 is 2.78 bits per heavy atom. The Morgan fingerprint density at radius 2 is 2.17 bits per heavy atom. The third kappa shape index (κ3) is 3.08. The van der Waals surface area contributed by atoms with Crippen LogP contribution in [0.1, 0.15) is 43.7 Å². The first-order valence-electron chi connectivity index (χ1n) is 6.62. The lowest BCUT2D eigenvalue weighted by molar-refractivity contribution is 0.378. The quantitative estimate of drug-likeness (QED) is 0.884. The highest BCUT2D eigenvalue weighted by atomic mass is 19.1. The molecule has 0 amide bonds. The minimum atomic E-state index is -0.292. The molecule has 96 valence electrons. The average Bonchev–Trinajstić information content (AvgIpc) is 2.90. The van der Waals surface area contributed by atoms with Gasteiger partial charge in [0.1, 0.15) is 5.82 Å². The molecule has 2 rings (SSSR count). The van der Waals surface area contributed by atoms with Crippen molar-refractivity contribution < 1.29 is 4.39 Å². The predicted octanol–water partition coefficient (Wildman–Crippen LogP) is 3.37. The summed E-state index contributed by atoms with van der Waals surface area (Å²) < 4.78 is 13.7. The van der Waals surface area contributed by atoms with E-state index in [4.69, 9.17) is 5.26 Å². The van der Waals surface area contributed by atoms with Gasteiger partial charge in [-0.05, 0) is 37.8 Å². The second kappa shape index (κ2) is 5.97. The predicted molar refractivity (Wildman–Crippen MR) is 69.4 cm³/mol. The summed E-state index contributed by atoms with van der Waals surface area (Å²) in [5.41, 5.74) is 1.01. The molecular weight excluding hydrogens is 227 g/mol. The number of benzene rings is 1. The van der Waals surface area contributed by atoms with Crippen molar-refractivity contribution in [3.05, 3.63) is 35.1 Å². The smallest absolute Gasteiger partial charge is 0.129 e. The summed E-state index contributed by atoms with van der Waals surface area (Å²) in [5.74, 6) is 0.437. The Balaban J connectivity index is 1.91. The molecule has 1 aliphatic rings. The van der Waals surface area contributed by atoms with Crippen LogP contribution >= 0.6 is 0 Å². The van der Waals surface area contributed by atoms with E-state index in [-0.39, 0.29) is 5.82 Å². The molecule has 0 unspecified atom stereocenters. The number of nitrogens with one attached hydrogen (secondary N) is 1. The van der Waals surface area contributed by atoms with Gasteiger partial charge in [0.15, 0.2) is 0 Å². The van der Waals surface area contributed by atoms with Crippen LogP contribution in [0.2, 0.25) is 0 Å². The summed E-state index contributed by atoms with van der Waals surface area (Å²) in [6.07, 6.45) is 5.21. The van der Waals surface area contributed by atoms with Gasteiger partial charge in [0.25, 0.3) is 0 Å². The molecule has 1 aliphatic carbocycles. The first-order chi connectivity index (χ1) is 8.70. The molecule has 0 saturated heterocycles. The molecule has 0 heterocycles. The molecular formula is C15H19FN2. The van der Waals surface area contributed by atoms with Crippen LogP contribution in [0.4, 0.5) is 4.39 Å². The van der Waals surface area contributed by atoms with E-state index in [1.54, 1.807) is 12.1 Å². The van der Waals surface area contributed by atoms with E-state index < -0.39 is 0 Å². The van der Waals surface area contributed by atoms with Crippen molar-refractivity contribution in [3.63, 3.8) is 0 Å². The van der Waals surface area contributed by atoms with Crippen molar-refractivity contribution in [2.75, 3.05) is 0 Å². The highest BCUT2D eigenvalue weighted by Crippen LogP contribution is 2.27. The number of hydrogen-bond donors (Lipinski definition) is 1. The van der Waals surface area contributed by atoms with Gasteiger partial charge in [0, 0.05) is 18.2 Å². The normalized spacial score (nSPS) is 17.6. The number of rotatable bonds is 4. The number of halogens is 1. The molecule has 1 N–H and O–H groups in total. The van der Waals surface area contributed by atoms with Crippen LogP contribution in [0.5, 0.6) is 0 Å². The van der Waals surface area contributed by atoms with Gasteiger partial charge >= 0.3 is 0 Å². The third-order valence-corrected chi connectivity index (χ3v) is 3.90. The summed E-state index contributed by atoms with van der Waals surface area (Å²) in [6.45, 7) is 2.72. The number of nitriles is 1. The molecule has 0 aromatic heterocycles. The molecule has 1 atom stereocenters. The molecule has 1 aromatic carbocycles. The summed E-state index contributed by atoms with van der Waals surface area (Å²) in [4.78, 5) is 0. The van der Waals surface area contributed by atoms with Crippen LogP contribution in [0, 0.1) is 23.1 Å². The van der Waals surface area contributed by atoms with Crippen LogP contribution in [0.15, 0.2) is 18.2 Å². The fourth-order valence-electron chi connectivity index (χ4n) is 2.66. The van der Waals surface area contributed by atoms with Crippen LogP contribution < -0.4 is 5.32 Å². The van der Waals surface area contributed by atoms with Crippen molar-refractivity contribution in [2.24, 2.45) is 5.92 Å². The lowest BCUT2D eigenvalue weighted by Gasteiger charge is -2.20. The Morgan fingerprint density at radius 1 is 1.44 bits per heavy atom. The van der Waals surface area contributed by atoms with Crippen LogP contribution in [0.3, 0.4) is 0 Å². The van der Waals surface area contributed by atoms with E-state index >= 15 is 0 Å². The van der Waals surface area contributed by atoms with E-state index in [1.165, 1.54) is 31.7 Å². The summed E-state index contributed by atoms with van der Waals surface area (Å²) >= 11 is 0. The number of nitrogens with zero attached hydrogens (tertiary/aromatic N) is 1. The fourth-order valence-corrected chi connectivity index (χ4v) is 2.66. The van der Waals surface area contributed by atoms with Crippen molar-refractivity contribution in [1.82, 2.24) is 5.32 Å². The molecule has 0 bridgehead atoms. The minimum Gasteiger partial charge on any atom is -0.310 e. The van der Waals surface area contributed by atoms with Crippen molar-refractivity contribution in [1.29, 1.82) is 5.26 Å². The standard InChI is InChI=1S/C15H19FN2/c1-11(13-4-2-3-5-13)18-10-14-7-6-12(9-17)8-15(14)16/h6-8,11,13,18H,2-5,10H2,1H3/t11-/m1/s1. The molecule has 3 heteroatoms. The molecule has 1 saturated carbocycles. The Hall–Kier alpha value is -1.40. The Kier molecular flexibility index (Phi) is 4.33. The Bertz CT molecular complexity index is 444. The van der Waals surface area contributed by atoms with Crippen LogP contribution in [0.25, 0.3) is 0 Å². The first-order valence-corrected chi connectivity index (χ1v) is 6.62. The second-order valence-electron chi connectivity index (χ2n) is 5.13. The van der Waals surface area contributed by atoms with Crippen LogP contribution in [-0.4, -0.2) is 6.04 Å². The zero-order chi connectivity index (χ0) is 13.0. The molecule has 0 aliphatic heterocycles. The molecule has 0 radical (unpaired) electrons. The topological polar surface area (TPSA) is 35.8 Å². The maximum Gasteiger partial charge on any atom is 0.129 e. The van der Waals surface area contributed by atoms with Crippen molar-refractivity contribution in [3.8, 4) is 6.07 Å². The van der Waals surface area contributed by atoms with Crippen LogP contribution in [-0.2, 0) is 6.54 Å². The van der Waals surface area contributed by atoms with Gasteiger partial charge in [-0.25, -0.2) is 4.39 Å². The van der Waals surface area contributed by atoms with Crippen molar-refractivity contribution >= 4 is 0 Å². The second-order valence-corrected chi connectivity index (χ2v) is 5.13. The first kappa shape index (κ1) is 13.0. The van der Waals surface area contributed by atoms with Gasteiger partial charge in [-0.2, -0.15) is 5.26 Å². The van der Waals surface area contributed by atoms with Gasteiger partial charge in [0.2, 0.25) is 0 Å². The average molecular weight is 246 g/mol. The maximum atomic E-state index is 13.7. The summed E-state index contributed by atoms with van der Waals surface area (Å²) in [5, 5.41) is 12.1. The van der Waals surface area contributed by atoms with Gasteiger partial charge in [-0.3, -0.25) is 0 Å². The van der Waals surface area contributed by atoms with Gasteiger partial charge in [-0.15, -0.1) is 0 Å². The van der Waals surface area contributed by atoms with Gasteiger partial charge in [0.05, 0.1) is 11.6 Å². The monoisotopic (exact) mass is 246 g/mol. The van der Waals surface area contributed by atoms with E-state index in [0.717, 1.165) is 5.92 Å². The molecule has 1 aromatic rings. The largest absolute Gasteiger partial charge is 0.310 e. The fraction of sp³-hybridized carbons (Fsp3) is 0.533. The third-order valence-electron chi connectivity index (χ3n) is 3.90. The van der Waals surface area contributed by atoms with E-state index in [1.807, 2.05) is 6.07 Å². The minimum absolute atomic E-state index is 0.292. The summed E-state index contributed by atoms with van der Waals surface area (Å²) in [6, 6.07) is 7.04. The van der Waals surface area contributed by atoms with Crippen molar-refractivity contribution in [2.45, 2.75) is 45.2 Å². The highest BCUT2D eigenvalue weighted by Gasteiger charge is 2.21.